The molecular weight excluding hydrogens is 426 g/mol. The number of H-pyrrole nitrogens is 1. The van der Waals surface area contributed by atoms with Crippen LogP contribution in [0.1, 0.15) is 75.2 Å². The zero-order valence-electron chi connectivity index (χ0n) is 20.7. The van der Waals surface area contributed by atoms with Crippen LogP contribution < -0.4 is 0 Å². The highest BCUT2D eigenvalue weighted by Gasteiger charge is 2.35. The van der Waals surface area contributed by atoms with Gasteiger partial charge in [-0.2, -0.15) is 0 Å². The molecule has 2 aliphatic rings. The Labute approximate surface area is 201 Å². The maximum absolute atomic E-state index is 13.1. The van der Waals surface area contributed by atoms with Crippen LogP contribution in [-0.2, 0) is 9.47 Å². The fourth-order valence-corrected chi connectivity index (χ4v) is 5.36. The van der Waals surface area contributed by atoms with E-state index in [1.807, 2.05) is 38.8 Å². The number of fused-ring (bicyclic) bond motifs is 1. The fourth-order valence-electron chi connectivity index (χ4n) is 5.36. The third-order valence-corrected chi connectivity index (χ3v) is 6.93. The first kappa shape index (κ1) is 22.9. The molecule has 1 atom stereocenters. The van der Waals surface area contributed by atoms with E-state index in [9.17, 15) is 4.79 Å². The van der Waals surface area contributed by atoms with Crippen molar-refractivity contribution in [3.63, 3.8) is 0 Å². The van der Waals surface area contributed by atoms with Gasteiger partial charge in [0.15, 0.2) is 0 Å². The molecule has 0 saturated carbocycles. The van der Waals surface area contributed by atoms with Gasteiger partial charge in [0.1, 0.15) is 11.2 Å². The van der Waals surface area contributed by atoms with Crippen LogP contribution in [0, 0.1) is 6.92 Å². The highest BCUT2D eigenvalue weighted by molar-refractivity contribution is 5.82. The van der Waals surface area contributed by atoms with Crippen LogP contribution in [0.3, 0.4) is 0 Å². The lowest BCUT2D eigenvalue weighted by Gasteiger charge is -2.32. The Balaban J connectivity index is 1.55. The second kappa shape index (κ2) is 9.06. The number of aromatic amines is 1. The molecule has 2 aromatic heterocycles. The number of nitrogens with one attached hydrogen (secondary N) is 1. The molecule has 0 radical (unpaired) electrons. The smallest absolute Gasteiger partial charge is 0.410 e. The van der Waals surface area contributed by atoms with Crippen LogP contribution in [0.15, 0.2) is 36.5 Å². The van der Waals surface area contributed by atoms with Gasteiger partial charge in [0, 0.05) is 42.6 Å². The number of rotatable bonds is 3. The molecule has 4 heterocycles. The lowest BCUT2D eigenvalue weighted by atomic mass is 9.84. The minimum Gasteiger partial charge on any atom is -0.444 e. The normalized spacial score (nSPS) is 19.6. The summed E-state index contributed by atoms with van der Waals surface area (Å²) in [6.45, 7) is 10.1. The van der Waals surface area contributed by atoms with Gasteiger partial charge in [-0.3, -0.25) is 0 Å². The zero-order valence-corrected chi connectivity index (χ0v) is 20.7. The van der Waals surface area contributed by atoms with Gasteiger partial charge in [0.25, 0.3) is 0 Å². The number of amides is 1. The first-order chi connectivity index (χ1) is 16.3. The summed E-state index contributed by atoms with van der Waals surface area (Å²) in [5.41, 5.74) is 6.33. The van der Waals surface area contributed by atoms with Crippen molar-refractivity contribution in [1.82, 2.24) is 14.9 Å². The Morgan fingerprint density at radius 3 is 2.65 bits per heavy atom. The first-order valence-electron chi connectivity index (χ1n) is 12.5. The quantitative estimate of drug-likeness (QED) is 0.483. The van der Waals surface area contributed by atoms with Crippen molar-refractivity contribution < 1.29 is 14.3 Å². The SMILES string of the molecule is Cc1cc2cc(-c3ccc(C4CCOCC4)c([C@@H]4CCCN4C(=O)OC(C)(C)C)c3)cnc2[nH]1. The summed E-state index contributed by atoms with van der Waals surface area (Å²) < 4.78 is 11.4. The number of ether oxygens (including phenoxy) is 2. The standard InChI is InChI=1S/C28H35N3O3/c1-18-14-21-15-22(17-29-26(21)30-18)20-7-8-23(19-9-12-33-13-10-19)24(16-20)25-6-5-11-31(25)27(32)34-28(2,3)4/h7-8,14-17,19,25H,5-6,9-13H2,1-4H3,(H,29,30)/t25-/m0/s1. The van der Waals surface area contributed by atoms with E-state index in [2.05, 4.69) is 40.3 Å². The Morgan fingerprint density at radius 2 is 1.88 bits per heavy atom. The number of likely N-dealkylation sites (tertiary alicyclic amines) is 1. The van der Waals surface area contributed by atoms with E-state index in [0.717, 1.165) is 73.3 Å². The highest BCUT2D eigenvalue weighted by Crippen LogP contribution is 2.41. The number of aryl methyl sites for hydroxylation is 1. The summed E-state index contributed by atoms with van der Waals surface area (Å²) in [6.07, 6.45) is 5.68. The number of benzene rings is 1. The molecular formula is C28H35N3O3. The van der Waals surface area contributed by atoms with Crippen molar-refractivity contribution in [1.29, 1.82) is 0 Å². The molecule has 6 heteroatoms. The van der Waals surface area contributed by atoms with Crippen LogP contribution in [0.5, 0.6) is 0 Å². The number of aromatic nitrogens is 2. The lowest BCUT2D eigenvalue weighted by molar-refractivity contribution is 0.0222. The summed E-state index contributed by atoms with van der Waals surface area (Å²) in [7, 11) is 0. The number of pyridine rings is 1. The average Bonchev–Trinajstić information content (AvgIpc) is 3.43. The average molecular weight is 462 g/mol. The summed E-state index contributed by atoms with van der Waals surface area (Å²) in [5, 5.41) is 1.11. The summed E-state index contributed by atoms with van der Waals surface area (Å²) >= 11 is 0. The van der Waals surface area contributed by atoms with Crippen LogP contribution in [-0.4, -0.2) is 46.3 Å². The molecule has 1 amide bonds. The summed E-state index contributed by atoms with van der Waals surface area (Å²) in [6, 6.07) is 11.1. The fraction of sp³-hybridized carbons (Fsp3) is 0.500. The zero-order chi connectivity index (χ0) is 23.9. The highest BCUT2D eigenvalue weighted by atomic mass is 16.6. The Hall–Kier alpha value is -2.86. The van der Waals surface area contributed by atoms with E-state index in [0.29, 0.717) is 5.92 Å². The Kier molecular flexibility index (Phi) is 6.11. The van der Waals surface area contributed by atoms with Crippen LogP contribution in [0.2, 0.25) is 0 Å². The van der Waals surface area contributed by atoms with Crippen molar-refractivity contribution in [3.05, 3.63) is 53.3 Å². The van der Waals surface area contributed by atoms with E-state index in [4.69, 9.17) is 9.47 Å². The molecule has 1 N–H and O–H groups in total. The number of nitrogens with zero attached hydrogens (tertiary/aromatic N) is 2. The number of carbonyl (C=O) groups is 1. The molecule has 2 saturated heterocycles. The van der Waals surface area contributed by atoms with Gasteiger partial charge in [-0.1, -0.05) is 12.1 Å². The van der Waals surface area contributed by atoms with Crippen molar-refractivity contribution >= 4 is 17.1 Å². The van der Waals surface area contributed by atoms with E-state index in [1.54, 1.807) is 0 Å². The van der Waals surface area contributed by atoms with Gasteiger partial charge >= 0.3 is 6.09 Å². The minimum atomic E-state index is -0.509. The lowest BCUT2D eigenvalue weighted by Crippen LogP contribution is -2.36. The van der Waals surface area contributed by atoms with Gasteiger partial charge < -0.3 is 19.4 Å². The van der Waals surface area contributed by atoms with Crippen molar-refractivity contribution in [3.8, 4) is 11.1 Å². The van der Waals surface area contributed by atoms with Crippen LogP contribution >= 0.6 is 0 Å². The predicted octanol–water partition coefficient (Wildman–Crippen LogP) is 6.50. The molecule has 0 bridgehead atoms. The third kappa shape index (κ3) is 4.69. The summed E-state index contributed by atoms with van der Waals surface area (Å²) in [5.74, 6) is 0.451. The molecule has 3 aromatic rings. The van der Waals surface area contributed by atoms with Crippen LogP contribution in [0.4, 0.5) is 4.79 Å². The molecule has 5 rings (SSSR count). The van der Waals surface area contributed by atoms with Crippen LogP contribution in [0.25, 0.3) is 22.2 Å². The molecule has 6 nitrogen and oxygen atoms in total. The monoisotopic (exact) mass is 461 g/mol. The molecule has 0 unspecified atom stereocenters. The van der Waals surface area contributed by atoms with Gasteiger partial charge in [0.05, 0.1) is 6.04 Å². The molecule has 2 aliphatic heterocycles. The Bertz CT molecular complexity index is 1190. The van der Waals surface area contributed by atoms with Crippen molar-refractivity contribution in [2.24, 2.45) is 0 Å². The predicted molar refractivity (Wildman–Crippen MR) is 134 cm³/mol. The van der Waals surface area contributed by atoms with E-state index >= 15 is 0 Å². The van der Waals surface area contributed by atoms with E-state index in [1.165, 1.54) is 11.1 Å². The number of hydrogen-bond donors (Lipinski definition) is 1. The molecule has 34 heavy (non-hydrogen) atoms. The molecule has 2 fully saturated rings. The van der Waals surface area contributed by atoms with Crippen molar-refractivity contribution in [2.45, 2.75) is 70.9 Å². The van der Waals surface area contributed by atoms with Gasteiger partial charge in [0.2, 0.25) is 0 Å². The van der Waals surface area contributed by atoms with Gasteiger partial charge in [-0.05, 0) is 94.2 Å². The summed E-state index contributed by atoms with van der Waals surface area (Å²) in [4.78, 5) is 23.0. The molecule has 1 aromatic carbocycles. The second-order valence-electron chi connectivity index (χ2n) is 10.7. The molecule has 180 valence electrons. The van der Waals surface area contributed by atoms with Gasteiger partial charge in [-0.15, -0.1) is 0 Å². The molecule has 0 spiro atoms. The third-order valence-electron chi connectivity index (χ3n) is 6.93. The maximum Gasteiger partial charge on any atom is 0.410 e. The second-order valence-corrected chi connectivity index (χ2v) is 10.7. The maximum atomic E-state index is 13.1. The molecule has 0 aliphatic carbocycles. The minimum absolute atomic E-state index is 0.0267. The Morgan fingerprint density at radius 1 is 1.09 bits per heavy atom. The topological polar surface area (TPSA) is 67.4 Å². The largest absolute Gasteiger partial charge is 0.444 e. The number of carbonyl (C=O) groups excluding carboxylic acids is 1. The van der Waals surface area contributed by atoms with Gasteiger partial charge in [-0.25, -0.2) is 9.78 Å². The van der Waals surface area contributed by atoms with E-state index in [-0.39, 0.29) is 12.1 Å². The first-order valence-corrected chi connectivity index (χ1v) is 12.5. The van der Waals surface area contributed by atoms with Crippen molar-refractivity contribution in [2.75, 3.05) is 19.8 Å². The number of hydrogen-bond acceptors (Lipinski definition) is 4. The van der Waals surface area contributed by atoms with E-state index < -0.39 is 5.60 Å².